The summed E-state index contributed by atoms with van der Waals surface area (Å²) in [6, 6.07) is 6.28. The maximum atomic E-state index is 12.0. The predicted octanol–water partition coefficient (Wildman–Crippen LogP) is 1.50. The zero-order valence-corrected chi connectivity index (χ0v) is 10.2. The topological polar surface area (TPSA) is 46.6 Å². The van der Waals surface area contributed by atoms with Gasteiger partial charge in [0.05, 0.1) is 12.0 Å². The zero-order chi connectivity index (χ0) is 12.2. The number of methoxy groups -OCH3 is 1. The van der Waals surface area contributed by atoms with Crippen LogP contribution < -0.4 is 4.74 Å². The van der Waals surface area contributed by atoms with Crippen molar-refractivity contribution in [3.63, 3.8) is 0 Å². The van der Waals surface area contributed by atoms with Gasteiger partial charge in [0.2, 0.25) is 10.0 Å². The monoisotopic (exact) mass is 241 g/mol. The van der Waals surface area contributed by atoms with Crippen LogP contribution in [0.15, 0.2) is 41.8 Å². The Morgan fingerprint density at radius 3 is 2.38 bits per heavy atom. The third-order valence-corrected chi connectivity index (χ3v) is 3.99. The molecule has 0 radical (unpaired) electrons. The third kappa shape index (κ3) is 2.62. The van der Waals surface area contributed by atoms with Crippen LogP contribution in [0.25, 0.3) is 0 Å². The lowest BCUT2D eigenvalue weighted by Gasteiger charge is -2.15. The summed E-state index contributed by atoms with van der Waals surface area (Å²) in [6.45, 7) is 3.80. The molecule has 0 aliphatic rings. The molecule has 0 saturated carbocycles. The lowest BCUT2D eigenvalue weighted by Crippen LogP contribution is -2.26. The van der Waals surface area contributed by atoms with Crippen molar-refractivity contribution in [3.05, 3.63) is 36.9 Å². The summed E-state index contributed by atoms with van der Waals surface area (Å²) >= 11 is 0. The largest absolute Gasteiger partial charge is 0.497 e. The minimum Gasteiger partial charge on any atom is -0.497 e. The highest BCUT2D eigenvalue weighted by Gasteiger charge is 2.19. The normalized spacial score (nSPS) is 11.4. The quantitative estimate of drug-likeness (QED) is 0.734. The molecular weight excluding hydrogens is 226 g/mol. The summed E-state index contributed by atoms with van der Waals surface area (Å²) in [6.07, 6.45) is 1.54. The molecule has 0 atom stereocenters. The number of ether oxygens (including phenoxy) is 1. The van der Waals surface area contributed by atoms with Crippen LogP contribution in [0, 0.1) is 0 Å². The SMILES string of the molecule is C=CCN(C)S(=O)(=O)c1ccc(OC)cc1. The lowest BCUT2D eigenvalue weighted by atomic mass is 10.3. The second kappa shape index (κ2) is 5.14. The van der Waals surface area contributed by atoms with Gasteiger partial charge in [-0.15, -0.1) is 6.58 Å². The molecule has 0 fully saturated rings. The van der Waals surface area contributed by atoms with Crippen molar-refractivity contribution in [2.45, 2.75) is 4.90 Å². The first-order valence-electron chi connectivity index (χ1n) is 4.73. The fourth-order valence-electron chi connectivity index (χ4n) is 1.21. The van der Waals surface area contributed by atoms with Crippen molar-refractivity contribution < 1.29 is 13.2 Å². The van der Waals surface area contributed by atoms with E-state index in [4.69, 9.17) is 4.74 Å². The molecular formula is C11H15NO3S. The Hall–Kier alpha value is -1.33. The standard InChI is InChI=1S/C11H15NO3S/c1-4-9-12(2)16(13,14)11-7-5-10(15-3)6-8-11/h4-8H,1,9H2,2-3H3. The minimum absolute atomic E-state index is 0.248. The summed E-state index contributed by atoms with van der Waals surface area (Å²) in [4.78, 5) is 0.248. The van der Waals surface area contributed by atoms with Crippen LogP contribution >= 0.6 is 0 Å². The number of nitrogens with zero attached hydrogens (tertiary/aromatic N) is 1. The first kappa shape index (κ1) is 12.7. The number of hydrogen-bond donors (Lipinski definition) is 0. The van der Waals surface area contributed by atoms with E-state index in [9.17, 15) is 8.42 Å². The fourth-order valence-corrected chi connectivity index (χ4v) is 2.35. The van der Waals surface area contributed by atoms with Crippen molar-refractivity contribution in [3.8, 4) is 5.75 Å². The Labute approximate surface area is 96.2 Å². The highest BCUT2D eigenvalue weighted by atomic mass is 32.2. The Morgan fingerprint density at radius 1 is 1.38 bits per heavy atom. The smallest absolute Gasteiger partial charge is 0.243 e. The molecule has 0 aromatic heterocycles. The Morgan fingerprint density at radius 2 is 1.94 bits per heavy atom. The first-order valence-corrected chi connectivity index (χ1v) is 6.17. The first-order chi connectivity index (χ1) is 7.52. The number of hydrogen-bond acceptors (Lipinski definition) is 3. The van der Waals surface area contributed by atoms with Crippen LogP contribution in [0.5, 0.6) is 5.75 Å². The van der Waals surface area contributed by atoms with E-state index in [2.05, 4.69) is 6.58 Å². The maximum Gasteiger partial charge on any atom is 0.243 e. The van der Waals surface area contributed by atoms with Crippen molar-refractivity contribution >= 4 is 10.0 Å². The average Bonchev–Trinajstić information content (AvgIpc) is 2.29. The molecule has 0 aliphatic carbocycles. The van der Waals surface area contributed by atoms with Crippen LogP contribution in [0.2, 0.25) is 0 Å². The molecule has 0 bridgehead atoms. The van der Waals surface area contributed by atoms with Crippen LogP contribution in [-0.2, 0) is 10.0 Å². The molecule has 88 valence electrons. The Bertz CT molecular complexity index is 451. The third-order valence-electron chi connectivity index (χ3n) is 2.15. The van der Waals surface area contributed by atoms with Crippen molar-refractivity contribution in [1.29, 1.82) is 0 Å². The van der Waals surface area contributed by atoms with Crippen molar-refractivity contribution in [2.24, 2.45) is 0 Å². The van der Waals surface area contributed by atoms with Crippen LogP contribution in [0.4, 0.5) is 0 Å². The molecule has 0 saturated heterocycles. The van der Waals surface area contributed by atoms with Gasteiger partial charge in [0.25, 0.3) is 0 Å². The van der Waals surface area contributed by atoms with Gasteiger partial charge in [-0.25, -0.2) is 8.42 Å². The van der Waals surface area contributed by atoms with E-state index in [-0.39, 0.29) is 11.4 Å². The predicted molar refractivity (Wildman–Crippen MR) is 63.0 cm³/mol. The summed E-state index contributed by atoms with van der Waals surface area (Å²) in [5.74, 6) is 0.630. The molecule has 4 nitrogen and oxygen atoms in total. The summed E-state index contributed by atoms with van der Waals surface area (Å²) in [7, 11) is -0.369. The minimum atomic E-state index is -3.42. The number of rotatable bonds is 5. The van der Waals surface area contributed by atoms with E-state index in [1.165, 1.54) is 30.6 Å². The van der Waals surface area contributed by atoms with Gasteiger partial charge < -0.3 is 4.74 Å². The zero-order valence-electron chi connectivity index (χ0n) is 9.38. The fraction of sp³-hybridized carbons (Fsp3) is 0.273. The Balaban J connectivity index is 3.02. The molecule has 0 amide bonds. The number of likely N-dealkylation sites (N-methyl/N-ethyl adjacent to an activating group) is 1. The van der Waals surface area contributed by atoms with Gasteiger partial charge in [0.1, 0.15) is 5.75 Å². The molecule has 1 aromatic rings. The van der Waals surface area contributed by atoms with Gasteiger partial charge in [-0.05, 0) is 24.3 Å². The van der Waals surface area contributed by atoms with E-state index < -0.39 is 10.0 Å². The molecule has 5 heteroatoms. The molecule has 0 unspecified atom stereocenters. The number of benzene rings is 1. The molecule has 0 N–H and O–H groups in total. The van der Waals surface area contributed by atoms with Gasteiger partial charge >= 0.3 is 0 Å². The molecule has 0 heterocycles. The van der Waals surface area contributed by atoms with Crippen LogP contribution in [0.3, 0.4) is 0 Å². The van der Waals surface area contributed by atoms with Crippen LogP contribution in [-0.4, -0.2) is 33.4 Å². The van der Waals surface area contributed by atoms with E-state index in [1.807, 2.05) is 0 Å². The van der Waals surface area contributed by atoms with Gasteiger partial charge in [0, 0.05) is 13.6 Å². The molecule has 1 rings (SSSR count). The maximum absolute atomic E-state index is 12.0. The molecule has 0 aliphatic heterocycles. The van der Waals surface area contributed by atoms with E-state index >= 15 is 0 Å². The van der Waals surface area contributed by atoms with Crippen molar-refractivity contribution in [1.82, 2.24) is 4.31 Å². The lowest BCUT2D eigenvalue weighted by molar-refractivity contribution is 0.414. The summed E-state index contributed by atoms with van der Waals surface area (Å²) in [5, 5.41) is 0. The van der Waals surface area contributed by atoms with Gasteiger partial charge in [-0.1, -0.05) is 6.08 Å². The molecule has 1 aromatic carbocycles. The van der Waals surface area contributed by atoms with Gasteiger partial charge in [-0.3, -0.25) is 0 Å². The number of sulfonamides is 1. The van der Waals surface area contributed by atoms with E-state index in [1.54, 1.807) is 18.2 Å². The highest BCUT2D eigenvalue weighted by Crippen LogP contribution is 2.18. The average molecular weight is 241 g/mol. The van der Waals surface area contributed by atoms with Gasteiger partial charge in [0.15, 0.2) is 0 Å². The highest BCUT2D eigenvalue weighted by molar-refractivity contribution is 7.89. The molecule has 0 spiro atoms. The van der Waals surface area contributed by atoms with Crippen molar-refractivity contribution in [2.75, 3.05) is 20.7 Å². The summed E-state index contributed by atoms with van der Waals surface area (Å²) < 4.78 is 30.1. The second-order valence-corrected chi connectivity index (χ2v) is 5.29. The Kier molecular flexibility index (Phi) is 4.09. The van der Waals surface area contributed by atoms with Crippen LogP contribution in [0.1, 0.15) is 0 Å². The van der Waals surface area contributed by atoms with E-state index in [0.29, 0.717) is 5.75 Å². The van der Waals surface area contributed by atoms with E-state index in [0.717, 1.165) is 0 Å². The van der Waals surface area contributed by atoms with Gasteiger partial charge in [-0.2, -0.15) is 4.31 Å². The second-order valence-electron chi connectivity index (χ2n) is 3.25. The summed E-state index contributed by atoms with van der Waals surface area (Å²) in [5.41, 5.74) is 0. The molecule has 16 heavy (non-hydrogen) atoms.